The van der Waals surface area contributed by atoms with E-state index in [1.165, 1.54) is 6.07 Å². The normalized spacial score (nSPS) is 24.9. The molecular weight excluding hydrogens is 193 g/mol. The van der Waals surface area contributed by atoms with Crippen LogP contribution < -0.4 is 5.32 Å². The van der Waals surface area contributed by atoms with Gasteiger partial charge >= 0.3 is 0 Å². The van der Waals surface area contributed by atoms with E-state index in [0.717, 1.165) is 18.4 Å². The first-order valence-electron chi connectivity index (χ1n) is 5.40. The van der Waals surface area contributed by atoms with Gasteiger partial charge in [0.2, 0.25) is 0 Å². The summed E-state index contributed by atoms with van der Waals surface area (Å²) in [5.74, 6) is 0.255. The molecule has 15 heavy (non-hydrogen) atoms. The highest BCUT2D eigenvalue weighted by molar-refractivity contribution is 5.24. The molecule has 0 atom stereocenters. The van der Waals surface area contributed by atoms with Crippen molar-refractivity contribution in [2.75, 3.05) is 13.2 Å². The minimum Gasteiger partial charge on any atom is -0.395 e. The molecule has 1 aromatic carbocycles. The lowest BCUT2D eigenvalue weighted by molar-refractivity contribution is 0.242. The number of halogens is 1. The van der Waals surface area contributed by atoms with Crippen LogP contribution in [0.25, 0.3) is 0 Å². The standard InChI is InChI=1S/C12H16FNO/c13-12-4-2-1-3-11(12)9-7-10(8-9)14-5-6-15/h1-4,9-10,14-15H,5-8H2. The lowest BCUT2D eigenvalue weighted by Gasteiger charge is -2.36. The Labute approximate surface area is 89.1 Å². The summed E-state index contributed by atoms with van der Waals surface area (Å²) in [7, 11) is 0. The maximum absolute atomic E-state index is 13.4. The molecule has 2 rings (SSSR count). The van der Waals surface area contributed by atoms with Gasteiger partial charge < -0.3 is 10.4 Å². The molecule has 0 amide bonds. The SMILES string of the molecule is OCCNC1CC(c2ccccc2F)C1. The van der Waals surface area contributed by atoms with Gasteiger partial charge in [-0.1, -0.05) is 18.2 Å². The molecule has 0 spiro atoms. The summed E-state index contributed by atoms with van der Waals surface area (Å²) in [4.78, 5) is 0. The fraction of sp³-hybridized carbons (Fsp3) is 0.500. The monoisotopic (exact) mass is 209 g/mol. The number of nitrogens with one attached hydrogen (secondary N) is 1. The number of aliphatic hydroxyl groups is 1. The smallest absolute Gasteiger partial charge is 0.126 e. The quantitative estimate of drug-likeness (QED) is 0.790. The van der Waals surface area contributed by atoms with Gasteiger partial charge in [-0.05, 0) is 30.4 Å². The lowest BCUT2D eigenvalue weighted by Crippen LogP contribution is -2.41. The second kappa shape index (κ2) is 4.73. The van der Waals surface area contributed by atoms with Crippen LogP contribution in [0.1, 0.15) is 24.3 Å². The van der Waals surface area contributed by atoms with Crippen LogP contribution in [-0.4, -0.2) is 24.3 Å². The summed E-state index contributed by atoms with van der Waals surface area (Å²) in [6, 6.07) is 7.43. The van der Waals surface area contributed by atoms with Gasteiger partial charge in [0.05, 0.1) is 6.61 Å². The molecule has 0 saturated heterocycles. The molecule has 0 unspecified atom stereocenters. The minimum atomic E-state index is -0.0943. The summed E-state index contributed by atoms with van der Waals surface area (Å²) in [6.45, 7) is 0.801. The molecule has 3 heteroatoms. The van der Waals surface area contributed by atoms with Gasteiger partial charge in [0.15, 0.2) is 0 Å². The lowest BCUT2D eigenvalue weighted by atomic mass is 9.75. The molecule has 0 radical (unpaired) electrons. The zero-order valence-corrected chi connectivity index (χ0v) is 8.62. The molecule has 1 fully saturated rings. The Hall–Kier alpha value is -0.930. The number of aliphatic hydroxyl groups excluding tert-OH is 1. The Morgan fingerprint density at radius 3 is 2.73 bits per heavy atom. The van der Waals surface area contributed by atoms with E-state index in [0.29, 0.717) is 18.5 Å². The van der Waals surface area contributed by atoms with Crippen molar-refractivity contribution >= 4 is 0 Å². The van der Waals surface area contributed by atoms with Crippen molar-refractivity contribution < 1.29 is 9.50 Å². The number of benzene rings is 1. The van der Waals surface area contributed by atoms with Crippen molar-refractivity contribution in [2.24, 2.45) is 0 Å². The maximum atomic E-state index is 13.4. The van der Waals surface area contributed by atoms with Crippen molar-refractivity contribution in [3.8, 4) is 0 Å². The fourth-order valence-corrected chi connectivity index (χ4v) is 2.11. The molecule has 1 aromatic rings. The van der Waals surface area contributed by atoms with Gasteiger partial charge in [-0.3, -0.25) is 0 Å². The molecule has 0 heterocycles. The van der Waals surface area contributed by atoms with E-state index < -0.39 is 0 Å². The highest BCUT2D eigenvalue weighted by Gasteiger charge is 2.31. The molecular formula is C12H16FNO. The van der Waals surface area contributed by atoms with Crippen molar-refractivity contribution in [1.82, 2.24) is 5.32 Å². The number of hydrogen-bond donors (Lipinski definition) is 2. The second-order valence-corrected chi connectivity index (χ2v) is 4.06. The van der Waals surface area contributed by atoms with E-state index >= 15 is 0 Å². The highest BCUT2D eigenvalue weighted by Crippen LogP contribution is 2.37. The van der Waals surface area contributed by atoms with Gasteiger partial charge in [0.1, 0.15) is 5.82 Å². The van der Waals surface area contributed by atoms with E-state index in [4.69, 9.17) is 5.11 Å². The van der Waals surface area contributed by atoms with E-state index in [2.05, 4.69) is 5.32 Å². The Morgan fingerprint density at radius 1 is 1.33 bits per heavy atom. The molecule has 1 saturated carbocycles. The number of hydrogen-bond acceptors (Lipinski definition) is 2. The third-order valence-electron chi connectivity index (χ3n) is 3.03. The van der Waals surface area contributed by atoms with Crippen molar-refractivity contribution in [1.29, 1.82) is 0 Å². The van der Waals surface area contributed by atoms with Crippen molar-refractivity contribution in [2.45, 2.75) is 24.8 Å². The average Bonchev–Trinajstić information content (AvgIpc) is 2.18. The van der Waals surface area contributed by atoms with Crippen LogP contribution in [0, 0.1) is 5.82 Å². The topological polar surface area (TPSA) is 32.3 Å². The molecule has 0 aliphatic heterocycles. The Morgan fingerprint density at radius 2 is 2.07 bits per heavy atom. The Kier molecular flexibility index (Phi) is 3.34. The van der Waals surface area contributed by atoms with E-state index in [1.807, 2.05) is 12.1 Å². The molecule has 82 valence electrons. The number of rotatable bonds is 4. The third-order valence-corrected chi connectivity index (χ3v) is 3.03. The average molecular weight is 209 g/mol. The summed E-state index contributed by atoms with van der Waals surface area (Å²) in [6.07, 6.45) is 1.95. The van der Waals surface area contributed by atoms with Gasteiger partial charge in [-0.2, -0.15) is 0 Å². The van der Waals surface area contributed by atoms with E-state index in [-0.39, 0.29) is 12.4 Å². The van der Waals surface area contributed by atoms with Crippen molar-refractivity contribution in [3.05, 3.63) is 35.6 Å². The molecule has 2 N–H and O–H groups in total. The zero-order chi connectivity index (χ0) is 10.7. The summed E-state index contributed by atoms with van der Waals surface area (Å²) in [5.41, 5.74) is 0.833. The van der Waals surface area contributed by atoms with Crippen LogP contribution in [0.15, 0.2) is 24.3 Å². The predicted molar refractivity (Wildman–Crippen MR) is 57.3 cm³/mol. The van der Waals surface area contributed by atoms with Gasteiger partial charge in [-0.15, -0.1) is 0 Å². The van der Waals surface area contributed by atoms with E-state index in [1.54, 1.807) is 6.07 Å². The highest BCUT2D eigenvalue weighted by atomic mass is 19.1. The zero-order valence-electron chi connectivity index (χ0n) is 8.62. The first-order valence-corrected chi connectivity index (χ1v) is 5.40. The first kappa shape index (κ1) is 10.6. The van der Waals surface area contributed by atoms with Crippen LogP contribution >= 0.6 is 0 Å². The van der Waals surface area contributed by atoms with Crippen LogP contribution in [0.5, 0.6) is 0 Å². The molecule has 2 nitrogen and oxygen atoms in total. The summed E-state index contributed by atoms with van der Waals surface area (Å²) in [5, 5.41) is 11.9. The fourth-order valence-electron chi connectivity index (χ4n) is 2.11. The summed E-state index contributed by atoms with van der Waals surface area (Å²) < 4.78 is 13.4. The van der Waals surface area contributed by atoms with Crippen LogP contribution in [0.2, 0.25) is 0 Å². The largest absolute Gasteiger partial charge is 0.395 e. The first-order chi connectivity index (χ1) is 7.31. The van der Waals surface area contributed by atoms with Gasteiger partial charge in [-0.25, -0.2) is 4.39 Å². The van der Waals surface area contributed by atoms with Crippen LogP contribution in [-0.2, 0) is 0 Å². The van der Waals surface area contributed by atoms with E-state index in [9.17, 15) is 4.39 Å². The molecule has 1 aliphatic carbocycles. The third kappa shape index (κ3) is 2.36. The predicted octanol–water partition coefficient (Wildman–Crippen LogP) is 1.65. The minimum absolute atomic E-state index is 0.0943. The maximum Gasteiger partial charge on any atom is 0.126 e. The molecule has 1 aliphatic rings. The van der Waals surface area contributed by atoms with Crippen LogP contribution in [0.3, 0.4) is 0 Å². The second-order valence-electron chi connectivity index (χ2n) is 4.06. The molecule has 0 bridgehead atoms. The van der Waals surface area contributed by atoms with Gasteiger partial charge in [0, 0.05) is 12.6 Å². The Balaban J connectivity index is 1.87. The van der Waals surface area contributed by atoms with Crippen LogP contribution in [0.4, 0.5) is 4.39 Å². The summed E-state index contributed by atoms with van der Waals surface area (Å²) >= 11 is 0. The Bertz CT molecular complexity index is 323. The molecule has 0 aromatic heterocycles. The van der Waals surface area contributed by atoms with Gasteiger partial charge in [0.25, 0.3) is 0 Å². The van der Waals surface area contributed by atoms with Crippen molar-refractivity contribution in [3.63, 3.8) is 0 Å².